The van der Waals surface area contributed by atoms with Crippen molar-refractivity contribution < 1.29 is 27.0 Å². The van der Waals surface area contributed by atoms with Crippen molar-refractivity contribution in [3.63, 3.8) is 0 Å². The molecule has 0 aliphatic carbocycles. The molecule has 0 spiro atoms. The maximum absolute atomic E-state index is 12.9. The van der Waals surface area contributed by atoms with Crippen LogP contribution in [-0.2, 0) is 11.1 Å². The summed E-state index contributed by atoms with van der Waals surface area (Å²) in [7, 11) is 0. The number of benzene rings is 1. The van der Waals surface area contributed by atoms with Gasteiger partial charge < -0.3 is 20.3 Å². The third-order valence-corrected chi connectivity index (χ3v) is 5.10. The zero-order valence-corrected chi connectivity index (χ0v) is 19.3. The molecule has 0 fully saturated rings. The van der Waals surface area contributed by atoms with E-state index in [0.29, 0.717) is 0 Å². The number of halogens is 3. The molecule has 0 radical (unpaired) electrons. The van der Waals surface area contributed by atoms with E-state index in [-0.39, 0.29) is 39.4 Å². The first-order chi connectivity index (χ1) is 15.8. The van der Waals surface area contributed by atoms with Crippen LogP contribution in [0.4, 0.5) is 24.9 Å². The van der Waals surface area contributed by atoms with Crippen LogP contribution in [0.2, 0.25) is 0 Å². The first-order valence-corrected chi connectivity index (χ1v) is 11.1. The highest BCUT2D eigenvalue weighted by Crippen LogP contribution is 2.25. The Bertz CT molecular complexity index is 1270. The van der Waals surface area contributed by atoms with Crippen molar-refractivity contribution >= 4 is 33.9 Å². The van der Waals surface area contributed by atoms with E-state index >= 15 is 0 Å². The average molecular weight is 494 g/mol. The maximum Gasteiger partial charge on any atom is 0.405 e. The molecule has 34 heavy (non-hydrogen) atoms. The minimum absolute atomic E-state index is 0.0663. The molecule has 2 heterocycles. The summed E-state index contributed by atoms with van der Waals surface area (Å²) < 4.78 is 58.9. The minimum atomic E-state index is -4.48. The molecule has 3 aromatic rings. The Balaban J connectivity index is 1.96. The van der Waals surface area contributed by atoms with Gasteiger partial charge in [0.1, 0.15) is 23.4 Å². The Morgan fingerprint density at radius 3 is 2.35 bits per heavy atom. The SMILES string of the molecule is CC(Nc1nc(NCC(F)(F)F)c2nc(C#CC(C)(C)O)ccc2n1)c1ccc(S(=O)O)cc1. The second-order valence-electron chi connectivity index (χ2n) is 7.92. The molecule has 2 unspecified atom stereocenters. The predicted molar refractivity (Wildman–Crippen MR) is 123 cm³/mol. The molecule has 3 rings (SSSR count). The first-order valence-electron chi connectivity index (χ1n) is 10.0. The van der Waals surface area contributed by atoms with Crippen molar-refractivity contribution in [3.8, 4) is 11.8 Å². The smallest absolute Gasteiger partial charge is 0.378 e. The van der Waals surface area contributed by atoms with Crippen molar-refractivity contribution in [3.05, 3.63) is 47.7 Å². The zero-order valence-electron chi connectivity index (χ0n) is 18.4. The number of aliphatic hydroxyl groups is 1. The molecule has 0 bridgehead atoms. The Morgan fingerprint density at radius 1 is 1.09 bits per heavy atom. The molecule has 0 saturated carbocycles. The summed E-state index contributed by atoms with van der Waals surface area (Å²) in [6.07, 6.45) is -4.48. The summed E-state index contributed by atoms with van der Waals surface area (Å²) in [5.74, 6) is 5.22. The lowest BCUT2D eigenvalue weighted by atomic mass is 10.1. The average Bonchev–Trinajstić information content (AvgIpc) is 2.75. The molecule has 1 aromatic carbocycles. The maximum atomic E-state index is 12.9. The van der Waals surface area contributed by atoms with E-state index in [4.69, 9.17) is 4.55 Å². The van der Waals surface area contributed by atoms with Crippen molar-refractivity contribution in [1.82, 2.24) is 15.0 Å². The van der Waals surface area contributed by atoms with Crippen molar-refractivity contribution in [1.29, 1.82) is 0 Å². The lowest BCUT2D eigenvalue weighted by Crippen LogP contribution is -2.22. The number of hydrogen-bond donors (Lipinski definition) is 4. The van der Waals surface area contributed by atoms with Gasteiger partial charge in [0.05, 0.1) is 16.5 Å². The van der Waals surface area contributed by atoms with Crippen LogP contribution < -0.4 is 10.6 Å². The van der Waals surface area contributed by atoms with Gasteiger partial charge in [-0.15, -0.1) is 0 Å². The summed E-state index contributed by atoms with van der Waals surface area (Å²) >= 11 is -2.10. The number of nitrogens with one attached hydrogen (secondary N) is 2. The van der Waals surface area contributed by atoms with Gasteiger partial charge >= 0.3 is 6.18 Å². The van der Waals surface area contributed by atoms with E-state index < -0.39 is 29.4 Å². The molecule has 12 heteroatoms. The fourth-order valence-corrected chi connectivity index (χ4v) is 3.19. The number of alkyl halides is 3. The van der Waals surface area contributed by atoms with Crippen LogP contribution in [0.25, 0.3) is 11.0 Å². The van der Waals surface area contributed by atoms with Gasteiger partial charge in [-0.25, -0.2) is 14.2 Å². The van der Waals surface area contributed by atoms with Crippen LogP contribution in [-0.4, -0.2) is 47.1 Å². The number of pyridine rings is 1. The van der Waals surface area contributed by atoms with Crippen LogP contribution in [0.3, 0.4) is 0 Å². The fourth-order valence-electron chi connectivity index (χ4n) is 2.82. The van der Waals surface area contributed by atoms with E-state index in [1.165, 1.54) is 26.0 Å². The Kier molecular flexibility index (Phi) is 7.40. The third kappa shape index (κ3) is 7.11. The highest BCUT2D eigenvalue weighted by Gasteiger charge is 2.27. The van der Waals surface area contributed by atoms with Gasteiger partial charge in [0.2, 0.25) is 5.95 Å². The first kappa shape index (κ1) is 25.4. The summed E-state index contributed by atoms with van der Waals surface area (Å²) in [6.45, 7) is 3.46. The van der Waals surface area contributed by atoms with E-state index in [9.17, 15) is 22.5 Å². The fraction of sp³-hybridized carbons (Fsp3) is 0.318. The standard InChI is InChI=1S/C22H22F3N5O3S/c1-13(14-4-7-16(8-5-14)34(32)33)27-20-29-17-9-6-15(10-11-21(2,3)31)28-18(17)19(30-20)26-12-22(23,24)25/h4-9,13,31H,12H2,1-3H3,(H,32,33)(H2,26,27,29,30). The summed E-state index contributed by atoms with van der Waals surface area (Å²) in [5, 5.41) is 15.1. The van der Waals surface area contributed by atoms with Crippen LogP contribution in [0, 0.1) is 11.8 Å². The number of nitrogens with zero attached hydrogens (tertiary/aromatic N) is 3. The van der Waals surface area contributed by atoms with Gasteiger partial charge in [0, 0.05) is 0 Å². The molecule has 0 amide bonds. The molecular weight excluding hydrogens is 471 g/mol. The number of fused-ring (bicyclic) bond motifs is 1. The number of anilines is 2. The Morgan fingerprint density at radius 2 is 1.76 bits per heavy atom. The number of hydrogen-bond acceptors (Lipinski definition) is 7. The molecule has 180 valence electrons. The van der Waals surface area contributed by atoms with E-state index in [2.05, 4.69) is 37.4 Å². The van der Waals surface area contributed by atoms with Gasteiger partial charge in [0.15, 0.2) is 16.9 Å². The van der Waals surface area contributed by atoms with Gasteiger partial charge in [-0.05, 0) is 56.5 Å². The van der Waals surface area contributed by atoms with Crippen molar-refractivity contribution in [2.75, 3.05) is 17.2 Å². The summed E-state index contributed by atoms with van der Waals surface area (Å²) in [4.78, 5) is 13.0. The lowest BCUT2D eigenvalue weighted by Gasteiger charge is -2.17. The molecular formula is C22H22F3N5O3S. The van der Waals surface area contributed by atoms with Crippen LogP contribution >= 0.6 is 0 Å². The molecule has 8 nitrogen and oxygen atoms in total. The van der Waals surface area contributed by atoms with E-state index in [0.717, 1.165) is 5.56 Å². The normalized spacial score (nSPS) is 13.6. The van der Waals surface area contributed by atoms with E-state index in [1.54, 1.807) is 31.2 Å². The van der Waals surface area contributed by atoms with Crippen LogP contribution in [0.15, 0.2) is 41.3 Å². The van der Waals surface area contributed by atoms with Gasteiger partial charge in [0.25, 0.3) is 0 Å². The largest absolute Gasteiger partial charge is 0.405 e. The third-order valence-electron chi connectivity index (χ3n) is 4.42. The summed E-state index contributed by atoms with van der Waals surface area (Å²) in [6, 6.07) is 9.04. The van der Waals surface area contributed by atoms with Crippen LogP contribution in [0.1, 0.15) is 38.1 Å². The monoisotopic (exact) mass is 493 g/mol. The molecule has 2 atom stereocenters. The molecule has 0 aliphatic heterocycles. The van der Waals surface area contributed by atoms with Crippen molar-refractivity contribution in [2.45, 2.75) is 43.5 Å². The van der Waals surface area contributed by atoms with Gasteiger partial charge in [-0.1, -0.05) is 18.1 Å². The quantitative estimate of drug-likeness (QED) is 0.302. The minimum Gasteiger partial charge on any atom is -0.378 e. The Labute approximate surface area is 196 Å². The number of rotatable bonds is 6. The second kappa shape index (κ2) is 9.92. The molecule has 2 aromatic heterocycles. The van der Waals surface area contributed by atoms with Crippen molar-refractivity contribution in [2.24, 2.45) is 0 Å². The lowest BCUT2D eigenvalue weighted by molar-refractivity contribution is -0.115. The van der Waals surface area contributed by atoms with Gasteiger partial charge in [-0.3, -0.25) is 0 Å². The predicted octanol–water partition coefficient (Wildman–Crippen LogP) is 3.88. The second-order valence-corrected chi connectivity index (χ2v) is 8.89. The topological polar surface area (TPSA) is 120 Å². The highest BCUT2D eigenvalue weighted by molar-refractivity contribution is 7.79. The van der Waals surface area contributed by atoms with E-state index in [1.807, 2.05) is 0 Å². The summed E-state index contributed by atoms with van der Waals surface area (Å²) in [5.41, 5.74) is 0.106. The van der Waals surface area contributed by atoms with Gasteiger partial charge in [-0.2, -0.15) is 18.2 Å². The zero-order chi connectivity index (χ0) is 25.1. The molecule has 4 N–H and O–H groups in total. The Hall–Kier alpha value is -3.27. The molecule has 0 saturated heterocycles. The molecule has 0 aliphatic rings. The van der Waals surface area contributed by atoms with Crippen LogP contribution in [0.5, 0.6) is 0 Å². The number of aromatic nitrogens is 3. The highest BCUT2D eigenvalue weighted by atomic mass is 32.2.